The molecule has 0 saturated carbocycles. The summed E-state index contributed by atoms with van der Waals surface area (Å²) in [5.74, 6) is -0.188. The number of carbonyl (C=O) groups excluding carboxylic acids is 1. The predicted molar refractivity (Wildman–Crippen MR) is 102 cm³/mol. The first-order valence-corrected chi connectivity index (χ1v) is 8.93. The van der Waals surface area contributed by atoms with E-state index in [1.807, 2.05) is 31.2 Å². The lowest BCUT2D eigenvalue weighted by Gasteiger charge is -2.04. The number of nitrogens with one attached hydrogen (secondary N) is 1. The lowest BCUT2D eigenvalue weighted by atomic mass is 10.2. The molecule has 1 amide bonds. The van der Waals surface area contributed by atoms with Crippen molar-refractivity contribution in [1.29, 1.82) is 0 Å². The Balaban J connectivity index is 1.65. The number of aromatic nitrogens is 2. The van der Waals surface area contributed by atoms with Crippen LogP contribution in [-0.4, -0.2) is 20.4 Å². The average molecular weight is 384 g/mol. The highest BCUT2D eigenvalue weighted by Gasteiger charge is 2.11. The molecule has 0 aliphatic rings. The molecule has 0 atom stereocenters. The maximum absolute atomic E-state index is 12.1. The van der Waals surface area contributed by atoms with Gasteiger partial charge in [0.25, 0.3) is 11.2 Å². The molecule has 0 saturated heterocycles. The van der Waals surface area contributed by atoms with E-state index in [-0.39, 0.29) is 30.1 Å². The third-order valence-corrected chi connectivity index (χ3v) is 4.66. The topological polar surface area (TPSA) is 107 Å². The molecular formula is C18H16N4O4S. The van der Waals surface area contributed by atoms with Gasteiger partial charge in [-0.15, -0.1) is 11.3 Å². The van der Waals surface area contributed by atoms with Gasteiger partial charge in [-0.05, 0) is 19.1 Å². The Labute approximate surface area is 158 Å². The van der Waals surface area contributed by atoms with Crippen LogP contribution in [-0.2, 0) is 17.8 Å². The molecule has 0 aliphatic carbocycles. The van der Waals surface area contributed by atoms with Crippen molar-refractivity contribution in [3.8, 4) is 0 Å². The minimum absolute atomic E-state index is 0.108. The summed E-state index contributed by atoms with van der Waals surface area (Å²) in [7, 11) is 0. The van der Waals surface area contributed by atoms with E-state index in [9.17, 15) is 19.7 Å². The molecule has 2 aromatic heterocycles. The summed E-state index contributed by atoms with van der Waals surface area (Å²) in [5.41, 5.74) is 1.87. The fraction of sp³-hybridized carbons (Fsp3) is 0.167. The normalized spacial score (nSPS) is 10.6. The second-order valence-electron chi connectivity index (χ2n) is 5.93. The molecule has 0 bridgehead atoms. The standard InChI is InChI=1S/C18H16N4O4S/c1-12-2-4-13(5-3-12)19-16(23)8-17-20-14(11-27-17)9-21-10-15(22(25)26)6-7-18(21)24/h2-7,10-11H,8-9H2,1H3,(H,19,23). The van der Waals surface area contributed by atoms with Gasteiger partial charge in [0.2, 0.25) is 5.91 Å². The number of nitro groups is 1. The Morgan fingerprint density at radius 3 is 2.70 bits per heavy atom. The predicted octanol–water partition coefficient (Wildman–Crippen LogP) is 2.75. The van der Waals surface area contributed by atoms with Crippen LogP contribution < -0.4 is 10.9 Å². The van der Waals surface area contributed by atoms with Crippen LogP contribution in [0, 0.1) is 17.0 Å². The average Bonchev–Trinajstić information content (AvgIpc) is 3.05. The minimum atomic E-state index is -0.558. The molecule has 138 valence electrons. The van der Waals surface area contributed by atoms with E-state index in [0.29, 0.717) is 16.4 Å². The zero-order valence-corrected chi connectivity index (χ0v) is 15.2. The first kappa shape index (κ1) is 18.5. The van der Waals surface area contributed by atoms with Crippen molar-refractivity contribution in [1.82, 2.24) is 9.55 Å². The summed E-state index contributed by atoms with van der Waals surface area (Å²) >= 11 is 1.31. The Morgan fingerprint density at radius 2 is 2.00 bits per heavy atom. The van der Waals surface area contributed by atoms with Crippen molar-refractivity contribution < 1.29 is 9.72 Å². The second-order valence-corrected chi connectivity index (χ2v) is 6.88. The molecule has 2 heterocycles. The summed E-state index contributed by atoms with van der Waals surface area (Å²) in [4.78, 5) is 38.6. The number of benzene rings is 1. The van der Waals surface area contributed by atoms with Gasteiger partial charge in [0.05, 0.1) is 29.8 Å². The number of anilines is 1. The van der Waals surface area contributed by atoms with Crippen LogP contribution >= 0.6 is 11.3 Å². The molecule has 3 rings (SSSR count). The summed E-state index contributed by atoms with van der Waals surface area (Å²) in [6.07, 6.45) is 1.30. The molecule has 0 radical (unpaired) electrons. The highest BCUT2D eigenvalue weighted by atomic mass is 32.1. The van der Waals surface area contributed by atoms with E-state index in [4.69, 9.17) is 0 Å². The third kappa shape index (κ3) is 4.85. The highest BCUT2D eigenvalue weighted by Crippen LogP contribution is 2.14. The van der Waals surface area contributed by atoms with E-state index in [1.54, 1.807) is 5.38 Å². The number of hydrogen-bond donors (Lipinski definition) is 1. The smallest absolute Gasteiger partial charge is 0.285 e. The maximum atomic E-state index is 12.1. The number of hydrogen-bond acceptors (Lipinski definition) is 6. The van der Waals surface area contributed by atoms with Crippen LogP contribution in [0.25, 0.3) is 0 Å². The molecule has 1 aromatic carbocycles. The largest absolute Gasteiger partial charge is 0.326 e. The summed E-state index contributed by atoms with van der Waals surface area (Å²) in [6.45, 7) is 2.08. The van der Waals surface area contributed by atoms with Crippen LogP contribution in [0.2, 0.25) is 0 Å². The first-order chi connectivity index (χ1) is 12.9. The molecule has 9 heteroatoms. The quantitative estimate of drug-likeness (QED) is 0.519. The number of pyridine rings is 1. The zero-order chi connectivity index (χ0) is 19.4. The molecule has 3 aromatic rings. The Morgan fingerprint density at radius 1 is 1.26 bits per heavy atom. The fourth-order valence-electron chi connectivity index (χ4n) is 2.41. The number of nitrogens with zero attached hydrogens (tertiary/aromatic N) is 3. The van der Waals surface area contributed by atoms with Crippen molar-refractivity contribution in [2.24, 2.45) is 0 Å². The van der Waals surface area contributed by atoms with E-state index in [0.717, 1.165) is 11.6 Å². The number of carbonyl (C=O) groups is 1. The summed E-state index contributed by atoms with van der Waals surface area (Å²) < 4.78 is 1.23. The summed E-state index contributed by atoms with van der Waals surface area (Å²) in [6, 6.07) is 9.80. The van der Waals surface area contributed by atoms with Crippen LogP contribution in [0.1, 0.15) is 16.3 Å². The van der Waals surface area contributed by atoms with Gasteiger partial charge in [0.1, 0.15) is 5.01 Å². The Kier molecular flexibility index (Phi) is 5.41. The molecule has 0 aliphatic heterocycles. The van der Waals surface area contributed by atoms with Gasteiger partial charge in [-0.1, -0.05) is 17.7 Å². The first-order valence-electron chi connectivity index (χ1n) is 8.05. The molecule has 0 spiro atoms. The van der Waals surface area contributed by atoms with Gasteiger partial charge in [-0.3, -0.25) is 19.7 Å². The highest BCUT2D eigenvalue weighted by molar-refractivity contribution is 7.09. The van der Waals surface area contributed by atoms with Gasteiger partial charge in [-0.25, -0.2) is 4.98 Å². The van der Waals surface area contributed by atoms with E-state index < -0.39 is 4.92 Å². The van der Waals surface area contributed by atoms with Crippen molar-refractivity contribution in [3.05, 3.63) is 84.7 Å². The van der Waals surface area contributed by atoms with Crippen molar-refractivity contribution >= 4 is 28.6 Å². The Bertz CT molecular complexity index is 1040. The molecule has 0 unspecified atom stereocenters. The van der Waals surface area contributed by atoms with Gasteiger partial charge in [-0.2, -0.15) is 0 Å². The lowest BCUT2D eigenvalue weighted by Crippen LogP contribution is -2.19. The van der Waals surface area contributed by atoms with Crippen molar-refractivity contribution in [2.75, 3.05) is 5.32 Å². The second kappa shape index (κ2) is 7.92. The van der Waals surface area contributed by atoms with Gasteiger partial charge < -0.3 is 9.88 Å². The SMILES string of the molecule is Cc1ccc(NC(=O)Cc2nc(Cn3cc([N+](=O)[O-])ccc3=O)cs2)cc1. The van der Waals surface area contributed by atoms with Gasteiger partial charge in [0, 0.05) is 23.2 Å². The number of aryl methyl sites for hydroxylation is 1. The molecular weight excluding hydrogens is 368 g/mol. The van der Waals surface area contributed by atoms with Crippen LogP contribution in [0.3, 0.4) is 0 Å². The maximum Gasteiger partial charge on any atom is 0.285 e. The Hall–Kier alpha value is -3.33. The van der Waals surface area contributed by atoms with Crippen LogP contribution in [0.4, 0.5) is 11.4 Å². The zero-order valence-electron chi connectivity index (χ0n) is 14.4. The molecule has 0 fully saturated rings. The molecule has 8 nitrogen and oxygen atoms in total. The van der Waals surface area contributed by atoms with Gasteiger partial charge in [0.15, 0.2) is 0 Å². The third-order valence-electron chi connectivity index (χ3n) is 3.76. The number of amides is 1. The summed E-state index contributed by atoms with van der Waals surface area (Å²) in [5, 5.41) is 16.0. The monoisotopic (exact) mass is 384 g/mol. The molecule has 27 heavy (non-hydrogen) atoms. The van der Waals surface area contributed by atoms with Crippen molar-refractivity contribution in [3.63, 3.8) is 0 Å². The fourth-order valence-corrected chi connectivity index (χ4v) is 3.19. The lowest BCUT2D eigenvalue weighted by molar-refractivity contribution is -0.385. The minimum Gasteiger partial charge on any atom is -0.326 e. The molecule has 1 N–H and O–H groups in total. The van der Waals surface area contributed by atoms with Gasteiger partial charge >= 0.3 is 0 Å². The van der Waals surface area contributed by atoms with E-state index in [1.165, 1.54) is 28.2 Å². The number of rotatable bonds is 6. The van der Waals surface area contributed by atoms with E-state index in [2.05, 4.69) is 10.3 Å². The van der Waals surface area contributed by atoms with E-state index >= 15 is 0 Å². The number of thiazole rings is 1. The van der Waals surface area contributed by atoms with Crippen LogP contribution in [0.5, 0.6) is 0 Å². The van der Waals surface area contributed by atoms with Crippen LogP contribution in [0.15, 0.2) is 52.8 Å². The van der Waals surface area contributed by atoms with Crippen molar-refractivity contribution in [2.45, 2.75) is 19.9 Å².